The summed E-state index contributed by atoms with van der Waals surface area (Å²) in [6.45, 7) is 4.56. The van der Waals surface area contributed by atoms with Gasteiger partial charge in [0.2, 0.25) is 0 Å². The Morgan fingerprint density at radius 2 is 2.08 bits per heavy atom. The summed E-state index contributed by atoms with van der Waals surface area (Å²) < 4.78 is 0. The van der Waals surface area contributed by atoms with Crippen LogP contribution in [0.5, 0.6) is 0 Å². The third-order valence-corrected chi connectivity index (χ3v) is 2.31. The number of thiocarbonyl (C=S) groups is 1. The van der Waals surface area contributed by atoms with E-state index in [2.05, 4.69) is 0 Å². The van der Waals surface area contributed by atoms with E-state index in [4.69, 9.17) is 23.1 Å². The molecule has 0 bridgehead atoms. The van der Waals surface area contributed by atoms with Crippen molar-refractivity contribution in [2.24, 2.45) is 5.73 Å². The largest absolute Gasteiger partial charge is 0.393 e. The van der Waals surface area contributed by atoms with Gasteiger partial charge in [0.05, 0.1) is 17.1 Å². The lowest BCUT2D eigenvalue weighted by Gasteiger charge is -2.23. The highest BCUT2D eigenvalue weighted by Crippen LogP contribution is 1.99. The fourth-order valence-corrected chi connectivity index (χ4v) is 0.981. The Hall–Kier alpha value is -0.190. The molecular formula is C8H18N2OS. The molecule has 0 saturated heterocycles. The van der Waals surface area contributed by atoms with Gasteiger partial charge in [0.1, 0.15) is 0 Å². The summed E-state index contributed by atoms with van der Waals surface area (Å²) in [7, 11) is 1.95. The maximum Gasteiger partial charge on any atom is 0.0899 e. The van der Waals surface area contributed by atoms with Crippen LogP contribution in [0.1, 0.15) is 20.3 Å². The van der Waals surface area contributed by atoms with Crippen LogP contribution in [-0.2, 0) is 0 Å². The molecule has 0 aliphatic rings. The smallest absolute Gasteiger partial charge is 0.0899 e. The van der Waals surface area contributed by atoms with Gasteiger partial charge in [0.15, 0.2) is 0 Å². The molecule has 12 heavy (non-hydrogen) atoms. The summed E-state index contributed by atoms with van der Waals surface area (Å²) >= 11 is 4.85. The second kappa shape index (κ2) is 5.45. The van der Waals surface area contributed by atoms with E-state index in [0.29, 0.717) is 4.99 Å². The molecule has 2 atom stereocenters. The second-order valence-corrected chi connectivity index (χ2v) is 3.67. The van der Waals surface area contributed by atoms with Crippen LogP contribution in [0.15, 0.2) is 0 Å². The molecule has 0 aliphatic heterocycles. The third-order valence-electron chi connectivity index (χ3n) is 1.97. The topological polar surface area (TPSA) is 49.5 Å². The highest BCUT2D eigenvalue weighted by molar-refractivity contribution is 7.80. The number of aliphatic hydroxyl groups excluding tert-OH is 1. The zero-order chi connectivity index (χ0) is 9.72. The molecule has 0 aromatic rings. The van der Waals surface area contributed by atoms with Gasteiger partial charge in [-0.1, -0.05) is 12.2 Å². The van der Waals surface area contributed by atoms with E-state index >= 15 is 0 Å². The Labute approximate surface area is 79.5 Å². The van der Waals surface area contributed by atoms with Crippen molar-refractivity contribution in [3.63, 3.8) is 0 Å². The molecule has 0 saturated carbocycles. The van der Waals surface area contributed by atoms with Crippen molar-refractivity contribution in [2.45, 2.75) is 32.4 Å². The van der Waals surface area contributed by atoms with Crippen LogP contribution in [0.3, 0.4) is 0 Å². The lowest BCUT2D eigenvalue weighted by Crippen LogP contribution is -2.40. The molecule has 3 N–H and O–H groups in total. The number of aliphatic hydroxyl groups is 1. The molecule has 72 valence electrons. The standard InChI is InChI=1S/C8H18N2OS/c1-6(11)4-5-10(3)7(2)8(9)12/h6-7,11H,4-5H2,1-3H3,(H2,9,12). The van der Waals surface area contributed by atoms with E-state index in [1.165, 1.54) is 0 Å². The Bertz CT molecular complexity index is 150. The van der Waals surface area contributed by atoms with E-state index in [1.54, 1.807) is 6.92 Å². The van der Waals surface area contributed by atoms with Crippen LogP contribution < -0.4 is 5.73 Å². The Balaban J connectivity index is 3.71. The normalized spacial score (nSPS) is 16.1. The average molecular weight is 190 g/mol. The minimum Gasteiger partial charge on any atom is -0.393 e. The van der Waals surface area contributed by atoms with Crippen LogP contribution in [0.4, 0.5) is 0 Å². The Kier molecular flexibility index (Phi) is 5.37. The van der Waals surface area contributed by atoms with Crippen molar-refractivity contribution in [3.05, 3.63) is 0 Å². The molecule has 0 amide bonds. The second-order valence-electron chi connectivity index (χ2n) is 3.20. The number of rotatable bonds is 5. The number of nitrogens with two attached hydrogens (primary N) is 1. The monoisotopic (exact) mass is 190 g/mol. The summed E-state index contributed by atoms with van der Waals surface area (Å²) in [6, 6.07) is 0.110. The summed E-state index contributed by atoms with van der Waals surface area (Å²) in [5.74, 6) is 0. The molecular weight excluding hydrogens is 172 g/mol. The van der Waals surface area contributed by atoms with Crippen LogP contribution in [0.2, 0.25) is 0 Å². The molecule has 0 aliphatic carbocycles. The van der Waals surface area contributed by atoms with E-state index < -0.39 is 0 Å². The third kappa shape index (κ3) is 4.64. The molecule has 0 heterocycles. The lowest BCUT2D eigenvalue weighted by molar-refractivity contribution is 0.161. The first-order valence-corrected chi connectivity index (χ1v) is 4.53. The maximum atomic E-state index is 9.03. The molecule has 2 unspecified atom stereocenters. The fraction of sp³-hybridized carbons (Fsp3) is 0.875. The predicted molar refractivity (Wildman–Crippen MR) is 55.2 cm³/mol. The van der Waals surface area contributed by atoms with E-state index in [-0.39, 0.29) is 12.1 Å². The minimum absolute atomic E-state index is 0.110. The first kappa shape index (κ1) is 11.8. The quantitative estimate of drug-likeness (QED) is 0.615. The summed E-state index contributed by atoms with van der Waals surface area (Å²) in [5, 5.41) is 9.03. The van der Waals surface area contributed by atoms with Gasteiger partial charge < -0.3 is 10.8 Å². The fourth-order valence-electron chi connectivity index (χ4n) is 0.801. The predicted octanol–water partition coefficient (Wildman–Crippen LogP) is 0.364. The molecule has 0 fully saturated rings. The van der Waals surface area contributed by atoms with Gasteiger partial charge in [0.25, 0.3) is 0 Å². The van der Waals surface area contributed by atoms with Gasteiger partial charge in [0, 0.05) is 6.54 Å². The van der Waals surface area contributed by atoms with E-state index in [0.717, 1.165) is 13.0 Å². The molecule has 0 rings (SSSR count). The molecule has 3 nitrogen and oxygen atoms in total. The Morgan fingerprint density at radius 3 is 2.42 bits per heavy atom. The van der Waals surface area contributed by atoms with Crippen LogP contribution in [0, 0.1) is 0 Å². The summed E-state index contributed by atoms with van der Waals surface area (Å²) in [6.07, 6.45) is 0.495. The molecule has 4 heteroatoms. The average Bonchev–Trinajstić information content (AvgIpc) is 1.98. The van der Waals surface area contributed by atoms with E-state index in [1.807, 2.05) is 18.9 Å². The zero-order valence-electron chi connectivity index (χ0n) is 7.95. The van der Waals surface area contributed by atoms with Crippen LogP contribution in [0.25, 0.3) is 0 Å². The first-order valence-electron chi connectivity index (χ1n) is 4.12. The highest BCUT2D eigenvalue weighted by atomic mass is 32.1. The summed E-state index contributed by atoms with van der Waals surface area (Å²) in [4.78, 5) is 2.54. The highest BCUT2D eigenvalue weighted by Gasteiger charge is 2.11. The Morgan fingerprint density at radius 1 is 1.58 bits per heavy atom. The minimum atomic E-state index is -0.258. The van der Waals surface area contributed by atoms with Gasteiger partial charge in [-0.05, 0) is 27.3 Å². The maximum absolute atomic E-state index is 9.03. The molecule has 0 spiro atoms. The van der Waals surface area contributed by atoms with Crippen molar-refractivity contribution in [1.82, 2.24) is 4.90 Å². The number of likely N-dealkylation sites (N-methyl/N-ethyl adjacent to an activating group) is 1. The number of hydrogen-bond donors (Lipinski definition) is 2. The van der Waals surface area contributed by atoms with E-state index in [9.17, 15) is 0 Å². The number of nitrogens with zero attached hydrogens (tertiary/aromatic N) is 1. The summed E-state index contributed by atoms with van der Waals surface area (Å²) in [5.41, 5.74) is 5.47. The first-order chi connectivity index (χ1) is 5.45. The van der Waals surface area contributed by atoms with Crippen molar-refractivity contribution >= 4 is 17.2 Å². The lowest BCUT2D eigenvalue weighted by atomic mass is 10.2. The van der Waals surface area contributed by atoms with Gasteiger partial charge in [-0.25, -0.2) is 0 Å². The van der Waals surface area contributed by atoms with Gasteiger partial charge in [-0.2, -0.15) is 0 Å². The van der Waals surface area contributed by atoms with Crippen molar-refractivity contribution in [2.75, 3.05) is 13.6 Å². The number of hydrogen-bond acceptors (Lipinski definition) is 3. The van der Waals surface area contributed by atoms with Crippen LogP contribution >= 0.6 is 12.2 Å². The SMILES string of the molecule is CC(O)CCN(C)C(C)C(N)=S. The van der Waals surface area contributed by atoms with Crippen molar-refractivity contribution < 1.29 is 5.11 Å². The van der Waals surface area contributed by atoms with Gasteiger partial charge in [-0.15, -0.1) is 0 Å². The zero-order valence-corrected chi connectivity index (χ0v) is 8.77. The molecule has 0 radical (unpaired) electrons. The van der Waals surface area contributed by atoms with Gasteiger partial charge >= 0.3 is 0 Å². The van der Waals surface area contributed by atoms with Crippen LogP contribution in [-0.4, -0.2) is 40.7 Å². The van der Waals surface area contributed by atoms with Gasteiger partial charge in [-0.3, -0.25) is 4.90 Å². The van der Waals surface area contributed by atoms with Crippen molar-refractivity contribution in [1.29, 1.82) is 0 Å². The molecule has 0 aromatic heterocycles. The van der Waals surface area contributed by atoms with Crippen molar-refractivity contribution in [3.8, 4) is 0 Å². The molecule has 0 aromatic carbocycles.